The summed E-state index contributed by atoms with van der Waals surface area (Å²) in [5, 5.41) is 0. The lowest BCUT2D eigenvalue weighted by atomic mass is 10.1. The van der Waals surface area contributed by atoms with E-state index in [0.29, 0.717) is 6.79 Å². The van der Waals surface area contributed by atoms with E-state index in [2.05, 4.69) is 6.92 Å². The van der Waals surface area contributed by atoms with Crippen molar-refractivity contribution in [1.82, 2.24) is 0 Å². The Labute approximate surface area is 72.1 Å². The molecule has 2 nitrogen and oxygen atoms in total. The third-order valence-electron chi connectivity index (χ3n) is 2.02. The molecule has 2 rings (SSSR count). The number of hydrogen-bond acceptors (Lipinski definition) is 2. The zero-order valence-corrected chi connectivity index (χ0v) is 7.17. The normalized spacial score (nSPS) is 13.4. The molecule has 0 saturated heterocycles. The predicted molar refractivity (Wildman–Crippen MR) is 46.6 cm³/mol. The highest BCUT2D eigenvalue weighted by Crippen LogP contribution is 2.32. The Morgan fingerprint density at radius 3 is 2.50 bits per heavy atom. The van der Waals surface area contributed by atoms with Crippen LogP contribution in [0.1, 0.15) is 18.9 Å². The quantitative estimate of drug-likeness (QED) is 0.668. The first-order valence-electron chi connectivity index (χ1n) is 4.29. The Kier molecular flexibility index (Phi) is 1.90. The average Bonchev–Trinajstić information content (AvgIpc) is 2.04. The Morgan fingerprint density at radius 1 is 1.25 bits per heavy atom. The van der Waals surface area contributed by atoms with Crippen LogP contribution in [-0.2, 0) is 6.42 Å². The standard InChI is InChI=1S/C10H12O2/c1-2-4-8-9-5-3-6-10(8)12-7-11-9/h3,5-6H,2,4,7H2,1H3. The van der Waals surface area contributed by atoms with Crippen molar-refractivity contribution in [3.8, 4) is 11.5 Å². The van der Waals surface area contributed by atoms with Crippen molar-refractivity contribution in [2.75, 3.05) is 6.79 Å². The van der Waals surface area contributed by atoms with Crippen LogP contribution in [-0.4, -0.2) is 6.79 Å². The van der Waals surface area contributed by atoms with Crippen molar-refractivity contribution in [3.63, 3.8) is 0 Å². The Morgan fingerprint density at radius 2 is 1.92 bits per heavy atom. The van der Waals surface area contributed by atoms with Crippen LogP contribution in [0.4, 0.5) is 0 Å². The molecule has 0 saturated carbocycles. The van der Waals surface area contributed by atoms with Gasteiger partial charge in [0.25, 0.3) is 0 Å². The maximum Gasteiger partial charge on any atom is 0.230 e. The molecule has 64 valence electrons. The van der Waals surface area contributed by atoms with E-state index in [1.165, 1.54) is 5.56 Å². The van der Waals surface area contributed by atoms with Gasteiger partial charge >= 0.3 is 0 Å². The summed E-state index contributed by atoms with van der Waals surface area (Å²) in [6.45, 7) is 2.51. The maximum absolute atomic E-state index is 5.34. The van der Waals surface area contributed by atoms with Gasteiger partial charge in [-0.15, -0.1) is 0 Å². The number of hydrogen-bond donors (Lipinski definition) is 0. The second kappa shape index (κ2) is 3.05. The smallest absolute Gasteiger partial charge is 0.230 e. The van der Waals surface area contributed by atoms with Gasteiger partial charge in [0.15, 0.2) is 0 Å². The molecule has 1 aromatic rings. The zero-order valence-electron chi connectivity index (χ0n) is 7.17. The second-order valence-corrected chi connectivity index (χ2v) is 2.89. The van der Waals surface area contributed by atoms with Crippen LogP contribution in [0, 0.1) is 0 Å². The van der Waals surface area contributed by atoms with Crippen molar-refractivity contribution >= 4 is 0 Å². The van der Waals surface area contributed by atoms with E-state index >= 15 is 0 Å². The minimum Gasteiger partial charge on any atom is -0.457 e. The Bertz CT molecular complexity index is 259. The lowest BCUT2D eigenvalue weighted by molar-refractivity contribution is 0.101. The van der Waals surface area contributed by atoms with Crippen LogP contribution < -0.4 is 9.47 Å². The van der Waals surface area contributed by atoms with Crippen molar-refractivity contribution in [3.05, 3.63) is 23.8 Å². The van der Waals surface area contributed by atoms with Gasteiger partial charge in [0.05, 0.1) is 0 Å². The van der Waals surface area contributed by atoms with E-state index in [-0.39, 0.29) is 0 Å². The van der Waals surface area contributed by atoms with Gasteiger partial charge in [-0.25, -0.2) is 0 Å². The number of fused-ring (bicyclic) bond motifs is 2. The first kappa shape index (κ1) is 7.47. The molecule has 1 heterocycles. The summed E-state index contributed by atoms with van der Waals surface area (Å²) < 4.78 is 10.7. The topological polar surface area (TPSA) is 18.5 Å². The Balaban J connectivity index is 2.40. The maximum atomic E-state index is 5.34. The third kappa shape index (κ3) is 1.13. The summed E-state index contributed by atoms with van der Waals surface area (Å²) in [4.78, 5) is 0. The molecule has 0 fully saturated rings. The molecule has 1 aliphatic rings. The van der Waals surface area contributed by atoms with Crippen LogP contribution >= 0.6 is 0 Å². The monoisotopic (exact) mass is 164 g/mol. The highest BCUT2D eigenvalue weighted by Gasteiger charge is 2.14. The van der Waals surface area contributed by atoms with Crippen LogP contribution in [0.2, 0.25) is 0 Å². The molecule has 2 heteroatoms. The van der Waals surface area contributed by atoms with Gasteiger partial charge in [-0.3, -0.25) is 0 Å². The summed E-state index contributed by atoms with van der Waals surface area (Å²) >= 11 is 0. The molecule has 12 heavy (non-hydrogen) atoms. The largest absolute Gasteiger partial charge is 0.457 e. The van der Waals surface area contributed by atoms with Gasteiger partial charge in [0, 0.05) is 5.56 Å². The molecular weight excluding hydrogens is 152 g/mol. The fourth-order valence-electron chi connectivity index (χ4n) is 1.47. The van der Waals surface area contributed by atoms with E-state index in [9.17, 15) is 0 Å². The van der Waals surface area contributed by atoms with E-state index in [1.54, 1.807) is 0 Å². The molecule has 0 amide bonds. The minimum atomic E-state index is 0.360. The van der Waals surface area contributed by atoms with Gasteiger partial charge < -0.3 is 9.47 Å². The number of ether oxygens (including phenoxy) is 2. The van der Waals surface area contributed by atoms with Crippen molar-refractivity contribution in [1.29, 1.82) is 0 Å². The molecule has 0 atom stereocenters. The number of benzene rings is 1. The first-order chi connectivity index (χ1) is 5.92. The van der Waals surface area contributed by atoms with Crippen LogP contribution in [0.5, 0.6) is 11.5 Å². The summed E-state index contributed by atoms with van der Waals surface area (Å²) in [5.41, 5.74) is 1.21. The van der Waals surface area contributed by atoms with Gasteiger partial charge in [0.2, 0.25) is 6.79 Å². The summed E-state index contributed by atoms with van der Waals surface area (Å²) in [7, 11) is 0. The lowest BCUT2D eigenvalue weighted by Gasteiger charge is -2.20. The van der Waals surface area contributed by atoms with Gasteiger partial charge in [-0.05, 0) is 18.6 Å². The molecule has 0 spiro atoms. The van der Waals surface area contributed by atoms with Gasteiger partial charge in [-0.1, -0.05) is 19.4 Å². The van der Waals surface area contributed by atoms with E-state index in [4.69, 9.17) is 9.47 Å². The summed E-state index contributed by atoms with van der Waals surface area (Å²) in [6.07, 6.45) is 2.16. The fraction of sp³-hybridized carbons (Fsp3) is 0.400. The van der Waals surface area contributed by atoms with Crippen LogP contribution in [0.3, 0.4) is 0 Å². The van der Waals surface area contributed by atoms with Crippen molar-refractivity contribution in [2.24, 2.45) is 0 Å². The zero-order chi connectivity index (χ0) is 8.39. The highest BCUT2D eigenvalue weighted by molar-refractivity contribution is 5.46. The molecule has 0 N–H and O–H groups in total. The SMILES string of the molecule is CCCc1c2cccc1OCO2. The van der Waals surface area contributed by atoms with Crippen LogP contribution in [0.25, 0.3) is 0 Å². The highest BCUT2D eigenvalue weighted by atomic mass is 16.7. The predicted octanol–water partition coefficient (Wildman–Crippen LogP) is 2.37. The molecule has 0 aliphatic carbocycles. The van der Waals surface area contributed by atoms with Crippen molar-refractivity contribution in [2.45, 2.75) is 19.8 Å². The number of rotatable bonds is 2. The molecule has 1 aliphatic heterocycles. The van der Waals surface area contributed by atoms with Crippen LogP contribution in [0.15, 0.2) is 18.2 Å². The fourth-order valence-corrected chi connectivity index (χ4v) is 1.47. The van der Waals surface area contributed by atoms with Crippen molar-refractivity contribution < 1.29 is 9.47 Å². The molecular formula is C10H12O2. The van der Waals surface area contributed by atoms with E-state index < -0.39 is 0 Å². The molecule has 1 aromatic carbocycles. The minimum absolute atomic E-state index is 0.360. The third-order valence-corrected chi connectivity index (χ3v) is 2.02. The molecule has 0 unspecified atom stereocenters. The summed E-state index contributed by atoms with van der Waals surface area (Å²) in [5.74, 6) is 1.97. The van der Waals surface area contributed by atoms with E-state index in [1.807, 2.05) is 18.2 Å². The molecule has 0 radical (unpaired) electrons. The summed E-state index contributed by atoms with van der Waals surface area (Å²) in [6, 6.07) is 5.96. The average molecular weight is 164 g/mol. The van der Waals surface area contributed by atoms with Gasteiger partial charge in [0.1, 0.15) is 11.5 Å². The molecule has 0 aromatic heterocycles. The van der Waals surface area contributed by atoms with Gasteiger partial charge in [-0.2, -0.15) is 0 Å². The first-order valence-corrected chi connectivity index (χ1v) is 4.29. The second-order valence-electron chi connectivity index (χ2n) is 2.89. The van der Waals surface area contributed by atoms with E-state index in [0.717, 1.165) is 24.3 Å². The lowest BCUT2D eigenvalue weighted by Crippen LogP contribution is -2.13. The Hall–Kier alpha value is -1.18. The molecule has 2 bridgehead atoms.